The van der Waals surface area contributed by atoms with Crippen LogP contribution in [0.4, 0.5) is 0 Å². The fourth-order valence-corrected chi connectivity index (χ4v) is 3.09. The highest BCUT2D eigenvalue weighted by Crippen LogP contribution is 2.25. The van der Waals surface area contributed by atoms with Gasteiger partial charge in [0.1, 0.15) is 12.0 Å². The van der Waals surface area contributed by atoms with Crippen LogP contribution in [-0.4, -0.2) is 33.3 Å². The maximum absolute atomic E-state index is 5.79. The van der Waals surface area contributed by atoms with Crippen molar-refractivity contribution >= 4 is 0 Å². The molecule has 0 bridgehead atoms. The van der Waals surface area contributed by atoms with Crippen LogP contribution < -0.4 is 4.74 Å². The molecule has 25 heavy (non-hydrogen) atoms. The molecule has 1 unspecified atom stereocenters. The summed E-state index contributed by atoms with van der Waals surface area (Å²) in [5.41, 5.74) is 3.31. The zero-order valence-corrected chi connectivity index (χ0v) is 14.3. The van der Waals surface area contributed by atoms with Gasteiger partial charge >= 0.3 is 0 Å². The number of aromatic nitrogens is 4. The van der Waals surface area contributed by atoms with E-state index in [0.29, 0.717) is 0 Å². The zero-order valence-electron chi connectivity index (χ0n) is 14.3. The van der Waals surface area contributed by atoms with Gasteiger partial charge in [-0.2, -0.15) is 10.2 Å². The topological polar surface area (TPSA) is 54.1 Å². The summed E-state index contributed by atoms with van der Waals surface area (Å²) in [6.07, 6.45) is 11.3. The third-order valence-electron chi connectivity index (χ3n) is 4.52. The van der Waals surface area contributed by atoms with Crippen molar-refractivity contribution < 1.29 is 9.47 Å². The highest BCUT2D eigenvalue weighted by Gasteiger charge is 2.17. The fourth-order valence-electron chi connectivity index (χ4n) is 3.09. The lowest BCUT2D eigenvalue weighted by atomic mass is 10.2. The normalized spacial score (nSPS) is 17.6. The van der Waals surface area contributed by atoms with E-state index in [9.17, 15) is 0 Å². The van der Waals surface area contributed by atoms with Crippen LogP contribution in [0.25, 0.3) is 11.1 Å². The van der Waals surface area contributed by atoms with Gasteiger partial charge in [0.05, 0.1) is 26.0 Å². The molecule has 0 amide bonds. The molecule has 0 radical (unpaired) electrons. The molecule has 4 rings (SSSR count). The summed E-state index contributed by atoms with van der Waals surface area (Å²) in [5, 5.41) is 8.94. The van der Waals surface area contributed by atoms with Crippen molar-refractivity contribution in [1.82, 2.24) is 19.6 Å². The molecule has 2 aromatic heterocycles. The van der Waals surface area contributed by atoms with E-state index < -0.39 is 0 Å². The molecule has 130 valence electrons. The monoisotopic (exact) mass is 338 g/mol. The summed E-state index contributed by atoms with van der Waals surface area (Å²) in [7, 11) is 1.67. The van der Waals surface area contributed by atoms with Gasteiger partial charge in [-0.3, -0.25) is 4.68 Å². The Kier molecular flexibility index (Phi) is 4.52. The summed E-state index contributed by atoms with van der Waals surface area (Å²) < 4.78 is 14.8. The van der Waals surface area contributed by atoms with Gasteiger partial charge in [-0.05, 0) is 37.0 Å². The summed E-state index contributed by atoms with van der Waals surface area (Å²) in [6.45, 7) is 1.55. The first-order valence-corrected chi connectivity index (χ1v) is 8.63. The molecule has 1 fully saturated rings. The lowest BCUT2D eigenvalue weighted by Gasteiger charge is -2.22. The van der Waals surface area contributed by atoms with E-state index in [1.165, 1.54) is 12.0 Å². The SMILES string of the molecule is COc1ccc(Cn2cc(-c3cnn(C4CCCCO4)c3)cn2)cc1. The van der Waals surface area contributed by atoms with Gasteiger partial charge in [0.15, 0.2) is 0 Å². The number of benzene rings is 1. The molecule has 0 N–H and O–H groups in total. The van der Waals surface area contributed by atoms with E-state index in [1.807, 2.05) is 46.3 Å². The van der Waals surface area contributed by atoms with E-state index in [2.05, 4.69) is 22.3 Å². The first kappa shape index (κ1) is 15.9. The number of hydrogen-bond donors (Lipinski definition) is 0. The van der Waals surface area contributed by atoms with Crippen molar-refractivity contribution in [2.24, 2.45) is 0 Å². The Morgan fingerprint density at radius 1 is 1.08 bits per heavy atom. The summed E-state index contributed by atoms with van der Waals surface area (Å²) in [5.74, 6) is 0.863. The van der Waals surface area contributed by atoms with Crippen molar-refractivity contribution in [2.75, 3.05) is 13.7 Å². The van der Waals surface area contributed by atoms with E-state index in [4.69, 9.17) is 9.47 Å². The summed E-state index contributed by atoms with van der Waals surface area (Å²) >= 11 is 0. The maximum atomic E-state index is 5.79. The van der Waals surface area contributed by atoms with Gasteiger partial charge < -0.3 is 9.47 Å². The van der Waals surface area contributed by atoms with Gasteiger partial charge in [0.2, 0.25) is 0 Å². The van der Waals surface area contributed by atoms with Crippen molar-refractivity contribution in [3.63, 3.8) is 0 Å². The number of nitrogens with zero attached hydrogens (tertiary/aromatic N) is 4. The van der Waals surface area contributed by atoms with Crippen molar-refractivity contribution in [1.29, 1.82) is 0 Å². The Balaban J connectivity index is 1.46. The molecule has 6 nitrogen and oxygen atoms in total. The molecule has 6 heteroatoms. The standard InChI is InChI=1S/C19H22N4O2/c1-24-18-7-5-15(6-8-18)12-22-13-16(10-20-22)17-11-21-23(14-17)19-4-2-3-9-25-19/h5-8,10-11,13-14,19H,2-4,9,12H2,1H3. The molecule has 1 aliphatic rings. The minimum Gasteiger partial charge on any atom is -0.497 e. The summed E-state index contributed by atoms with van der Waals surface area (Å²) in [6, 6.07) is 8.04. The van der Waals surface area contributed by atoms with Crippen LogP contribution >= 0.6 is 0 Å². The van der Waals surface area contributed by atoms with Crippen LogP contribution in [-0.2, 0) is 11.3 Å². The average Bonchev–Trinajstić information content (AvgIpc) is 3.32. The van der Waals surface area contributed by atoms with Crippen LogP contribution in [0.2, 0.25) is 0 Å². The van der Waals surface area contributed by atoms with Gasteiger partial charge in [0.25, 0.3) is 0 Å². The van der Waals surface area contributed by atoms with Crippen LogP contribution in [0.15, 0.2) is 49.1 Å². The molecule has 3 aromatic rings. The third kappa shape index (κ3) is 3.58. The van der Waals surface area contributed by atoms with Crippen molar-refractivity contribution in [3.8, 4) is 16.9 Å². The number of ether oxygens (including phenoxy) is 2. The quantitative estimate of drug-likeness (QED) is 0.714. The Hall–Kier alpha value is -2.60. The average molecular weight is 338 g/mol. The predicted octanol–water partition coefficient (Wildman–Crippen LogP) is 3.50. The lowest BCUT2D eigenvalue weighted by molar-refractivity contribution is -0.0394. The second kappa shape index (κ2) is 7.11. The van der Waals surface area contributed by atoms with Crippen LogP contribution in [0.3, 0.4) is 0 Å². The van der Waals surface area contributed by atoms with E-state index in [0.717, 1.165) is 42.9 Å². The van der Waals surface area contributed by atoms with Gasteiger partial charge in [-0.1, -0.05) is 12.1 Å². The molecule has 0 saturated carbocycles. The molecule has 1 atom stereocenters. The predicted molar refractivity (Wildman–Crippen MR) is 94.4 cm³/mol. The molecular formula is C19H22N4O2. The number of methoxy groups -OCH3 is 1. The smallest absolute Gasteiger partial charge is 0.150 e. The van der Waals surface area contributed by atoms with Gasteiger partial charge in [-0.25, -0.2) is 4.68 Å². The Labute approximate surface area is 147 Å². The number of rotatable bonds is 5. The van der Waals surface area contributed by atoms with E-state index in [-0.39, 0.29) is 6.23 Å². The van der Waals surface area contributed by atoms with Gasteiger partial charge in [0, 0.05) is 30.1 Å². The Bertz CT molecular complexity index is 816. The van der Waals surface area contributed by atoms with Crippen LogP contribution in [0.5, 0.6) is 5.75 Å². The molecule has 3 heterocycles. The van der Waals surface area contributed by atoms with E-state index in [1.54, 1.807) is 7.11 Å². The first-order chi connectivity index (χ1) is 12.3. The van der Waals surface area contributed by atoms with Crippen molar-refractivity contribution in [3.05, 3.63) is 54.6 Å². The molecule has 0 spiro atoms. The first-order valence-electron chi connectivity index (χ1n) is 8.63. The van der Waals surface area contributed by atoms with E-state index >= 15 is 0 Å². The largest absolute Gasteiger partial charge is 0.497 e. The highest BCUT2D eigenvalue weighted by molar-refractivity contribution is 5.59. The third-order valence-corrected chi connectivity index (χ3v) is 4.52. The van der Waals surface area contributed by atoms with Crippen LogP contribution in [0.1, 0.15) is 31.1 Å². The minimum atomic E-state index is 0.0665. The Morgan fingerprint density at radius 2 is 1.88 bits per heavy atom. The van der Waals surface area contributed by atoms with Gasteiger partial charge in [-0.15, -0.1) is 0 Å². The fraction of sp³-hybridized carbons (Fsp3) is 0.368. The second-order valence-electron chi connectivity index (χ2n) is 6.30. The molecular weight excluding hydrogens is 316 g/mol. The maximum Gasteiger partial charge on any atom is 0.150 e. The lowest BCUT2D eigenvalue weighted by Crippen LogP contribution is -2.18. The molecule has 0 aliphatic carbocycles. The molecule has 1 saturated heterocycles. The minimum absolute atomic E-state index is 0.0665. The van der Waals surface area contributed by atoms with Crippen molar-refractivity contribution in [2.45, 2.75) is 32.0 Å². The second-order valence-corrected chi connectivity index (χ2v) is 6.30. The molecule has 1 aromatic carbocycles. The summed E-state index contributed by atoms with van der Waals surface area (Å²) in [4.78, 5) is 0. The van der Waals surface area contributed by atoms with Crippen LogP contribution in [0, 0.1) is 0 Å². The zero-order chi connectivity index (χ0) is 17.1. The number of hydrogen-bond acceptors (Lipinski definition) is 4. The molecule has 1 aliphatic heterocycles. The highest BCUT2D eigenvalue weighted by atomic mass is 16.5. The Morgan fingerprint density at radius 3 is 2.64 bits per heavy atom.